The number of hydrogen-bond acceptors (Lipinski definition) is 6. The van der Waals surface area contributed by atoms with Crippen LogP contribution in [-0.4, -0.2) is 57.2 Å². The van der Waals surface area contributed by atoms with Crippen LogP contribution < -0.4 is 4.74 Å². The zero-order valence-corrected chi connectivity index (χ0v) is 19.6. The second-order valence-electron chi connectivity index (χ2n) is 9.63. The summed E-state index contributed by atoms with van der Waals surface area (Å²) in [6.07, 6.45) is 1.01. The van der Waals surface area contributed by atoms with E-state index in [9.17, 15) is 5.11 Å². The van der Waals surface area contributed by atoms with Crippen molar-refractivity contribution in [1.82, 2.24) is 15.0 Å². The zero-order valence-electron chi connectivity index (χ0n) is 18.9. The smallest absolute Gasteiger partial charge is 0.296 e. The van der Waals surface area contributed by atoms with E-state index in [1.807, 2.05) is 36.4 Å². The summed E-state index contributed by atoms with van der Waals surface area (Å²) in [7, 11) is 0. The third-order valence-electron chi connectivity index (χ3n) is 7.32. The van der Waals surface area contributed by atoms with Crippen molar-refractivity contribution in [3.8, 4) is 28.4 Å². The minimum Gasteiger partial charge on any atom is -0.456 e. The lowest BCUT2D eigenvalue weighted by atomic mass is 9.91. The number of hydrogen-bond donors (Lipinski definition) is 2. The number of H-pyrrole nitrogens is 1. The van der Waals surface area contributed by atoms with Crippen LogP contribution in [0.5, 0.6) is 6.01 Å². The molecule has 4 atom stereocenters. The largest absolute Gasteiger partial charge is 0.456 e. The molecule has 0 amide bonds. The lowest BCUT2D eigenvalue weighted by Gasteiger charge is -2.26. The number of benzene rings is 2. The molecule has 3 fully saturated rings. The van der Waals surface area contributed by atoms with Gasteiger partial charge in [0.2, 0.25) is 0 Å². The van der Waals surface area contributed by atoms with Gasteiger partial charge in [-0.3, -0.25) is 0 Å². The molecular formula is C27H24ClN3O4. The minimum absolute atomic E-state index is 0.258. The summed E-state index contributed by atoms with van der Waals surface area (Å²) in [5.41, 5.74) is 4.15. The number of aromatic amines is 1. The summed E-state index contributed by atoms with van der Waals surface area (Å²) in [5, 5.41) is 11.5. The normalized spacial score (nSPS) is 27.9. The summed E-state index contributed by atoms with van der Waals surface area (Å²) in [5.74, 6) is 0.258. The molecule has 2 aromatic carbocycles. The van der Waals surface area contributed by atoms with Crippen molar-refractivity contribution in [2.24, 2.45) is 5.92 Å². The van der Waals surface area contributed by atoms with Crippen molar-refractivity contribution < 1.29 is 19.3 Å². The van der Waals surface area contributed by atoms with Crippen LogP contribution in [0.15, 0.2) is 60.7 Å². The first-order valence-electron chi connectivity index (χ1n) is 11.9. The van der Waals surface area contributed by atoms with Crippen LogP contribution in [0.3, 0.4) is 0 Å². The van der Waals surface area contributed by atoms with E-state index in [1.54, 1.807) is 0 Å². The molecule has 2 saturated heterocycles. The first-order chi connectivity index (χ1) is 17.1. The van der Waals surface area contributed by atoms with E-state index in [4.69, 9.17) is 30.8 Å². The quantitative estimate of drug-likeness (QED) is 0.425. The molecule has 8 heteroatoms. The lowest BCUT2D eigenvalue weighted by Crippen LogP contribution is -2.46. The third-order valence-corrected chi connectivity index (χ3v) is 7.61. The van der Waals surface area contributed by atoms with Crippen molar-refractivity contribution in [2.75, 3.05) is 13.2 Å². The molecule has 0 spiro atoms. The predicted octanol–water partition coefficient (Wildman–Crippen LogP) is 4.63. The number of ether oxygens (including phenoxy) is 3. The van der Waals surface area contributed by atoms with Gasteiger partial charge in [0.05, 0.1) is 29.4 Å². The van der Waals surface area contributed by atoms with Gasteiger partial charge in [0.1, 0.15) is 17.8 Å². The van der Waals surface area contributed by atoms with Crippen LogP contribution in [-0.2, 0) is 9.47 Å². The van der Waals surface area contributed by atoms with Gasteiger partial charge < -0.3 is 24.3 Å². The Morgan fingerprint density at radius 2 is 1.71 bits per heavy atom. The van der Waals surface area contributed by atoms with Gasteiger partial charge in [0.25, 0.3) is 6.01 Å². The predicted molar refractivity (Wildman–Crippen MR) is 131 cm³/mol. The van der Waals surface area contributed by atoms with E-state index in [2.05, 4.69) is 34.2 Å². The molecule has 2 aromatic heterocycles. The van der Waals surface area contributed by atoms with Crippen LogP contribution in [0, 0.1) is 5.92 Å². The monoisotopic (exact) mass is 489 g/mol. The second-order valence-corrected chi connectivity index (χ2v) is 10.0. The Kier molecular flexibility index (Phi) is 4.89. The van der Waals surface area contributed by atoms with Gasteiger partial charge in [-0.25, -0.2) is 4.98 Å². The summed E-state index contributed by atoms with van der Waals surface area (Å²) >= 11 is 6.60. The first-order valence-corrected chi connectivity index (χ1v) is 12.3. The molecule has 178 valence electrons. The Hall–Kier alpha value is -2.97. The number of pyridine rings is 1. The Morgan fingerprint density at radius 1 is 0.971 bits per heavy atom. The molecule has 1 saturated carbocycles. The highest BCUT2D eigenvalue weighted by molar-refractivity contribution is 6.33. The average molecular weight is 490 g/mol. The van der Waals surface area contributed by atoms with E-state index in [0.29, 0.717) is 34.5 Å². The number of aliphatic hydroxyl groups is 1. The topological polar surface area (TPSA) is 89.5 Å². The fourth-order valence-electron chi connectivity index (χ4n) is 5.30. The Labute approximate surface area is 207 Å². The number of halogens is 1. The zero-order chi connectivity index (χ0) is 23.6. The minimum atomic E-state index is -0.906. The SMILES string of the molecule is O[C@]1(C2CC2)CO[C@@H]2[C@H](Oc3nc4nc(-c5ccc(-c6ccccc6)cc5)c(Cl)cc4[nH]3)CO[C@@H]21. The highest BCUT2D eigenvalue weighted by atomic mass is 35.5. The lowest BCUT2D eigenvalue weighted by molar-refractivity contribution is -0.0821. The maximum Gasteiger partial charge on any atom is 0.296 e. The van der Waals surface area contributed by atoms with Crippen molar-refractivity contribution in [3.05, 3.63) is 65.7 Å². The molecule has 7 rings (SSSR count). The van der Waals surface area contributed by atoms with Crippen molar-refractivity contribution in [2.45, 2.75) is 36.8 Å². The van der Waals surface area contributed by atoms with Crippen LogP contribution in [0.4, 0.5) is 0 Å². The number of aromatic nitrogens is 3. The molecule has 35 heavy (non-hydrogen) atoms. The van der Waals surface area contributed by atoms with Gasteiger partial charge in [-0.05, 0) is 36.0 Å². The maximum absolute atomic E-state index is 11.0. The number of nitrogens with zero attached hydrogens (tertiary/aromatic N) is 2. The fraction of sp³-hybridized carbons (Fsp3) is 0.333. The number of rotatable bonds is 5. The van der Waals surface area contributed by atoms with E-state index < -0.39 is 5.60 Å². The molecule has 2 N–H and O–H groups in total. The van der Waals surface area contributed by atoms with Crippen LogP contribution in [0.2, 0.25) is 5.02 Å². The molecule has 0 bridgehead atoms. The number of imidazole rings is 1. The highest BCUT2D eigenvalue weighted by Gasteiger charge is 2.62. The molecule has 1 aliphatic carbocycles. The summed E-state index contributed by atoms with van der Waals surface area (Å²) in [6.45, 7) is 0.630. The molecule has 4 heterocycles. The fourth-order valence-corrected chi connectivity index (χ4v) is 5.56. The highest BCUT2D eigenvalue weighted by Crippen LogP contribution is 2.49. The third kappa shape index (κ3) is 3.62. The Balaban J connectivity index is 1.12. The van der Waals surface area contributed by atoms with Gasteiger partial charge in [0, 0.05) is 5.56 Å². The van der Waals surface area contributed by atoms with E-state index >= 15 is 0 Å². The standard InChI is InChI=1S/C27H24ClN3O4/c28-19-12-20-25(30-22(19)17-8-6-16(7-9-17)15-4-2-1-3-5-15)31-26(29-20)35-21-13-33-24-23(21)34-14-27(24,32)18-10-11-18/h1-9,12,18,21,23-24,32H,10-11,13-14H2,(H,29,30,31)/t21-,23-,24+,27+/m1/s1. The van der Waals surface area contributed by atoms with Crippen molar-refractivity contribution >= 4 is 22.8 Å². The second kappa shape index (κ2) is 8.03. The molecule has 0 radical (unpaired) electrons. The number of fused-ring (bicyclic) bond motifs is 2. The summed E-state index contributed by atoms with van der Waals surface area (Å²) in [4.78, 5) is 12.4. The number of nitrogens with one attached hydrogen (secondary N) is 1. The Bertz CT molecular complexity index is 1390. The molecule has 7 nitrogen and oxygen atoms in total. The summed E-state index contributed by atoms with van der Waals surface area (Å²) in [6, 6.07) is 20.5. The van der Waals surface area contributed by atoms with Gasteiger partial charge >= 0.3 is 0 Å². The van der Waals surface area contributed by atoms with E-state index in [-0.39, 0.29) is 30.8 Å². The molecular weight excluding hydrogens is 466 g/mol. The van der Waals surface area contributed by atoms with Crippen LogP contribution in [0.25, 0.3) is 33.5 Å². The molecule has 3 aliphatic rings. The van der Waals surface area contributed by atoms with Crippen LogP contribution >= 0.6 is 11.6 Å². The Morgan fingerprint density at radius 3 is 2.49 bits per heavy atom. The molecule has 4 aromatic rings. The van der Waals surface area contributed by atoms with Gasteiger partial charge in [0.15, 0.2) is 11.8 Å². The molecule has 0 unspecified atom stereocenters. The van der Waals surface area contributed by atoms with E-state index in [0.717, 1.165) is 29.5 Å². The van der Waals surface area contributed by atoms with Gasteiger partial charge in [-0.1, -0.05) is 66.2 Å². The maximum atomic E-state index is 11.0. The van der Waals surface area contributed by atoms with Gasteiger partial charge in [-0.2, -0.15) is 4.98 Å². The average Bonchev–Trinajstić information content (AvgIpc) is 3.44. The first kappa shape index (κ1) is 21.3. The van der Waals surface area contributed by atoms with Crippen molar-refractivity contribution in [3.63, 3.8) is 0 Å². The summed E-state index contributed by atoms with van der Waals surface area (Å²) < 4.78 is 17.9. The van der Waals surface area contributed by atoms with Crippen molar-refractivity contribution in [1.29, 1.82) is 0 Å². The van der Waals surface area contributed by atoms with Gasteiger partial charge in [-0.15, -0.1) is 0 Å². The van der Waals surface area contributed by atoms with E-state index in [1.165, 1.54) is 0 Å². The molecule has 2 aliphatic heterocycles. The van der Waals surface area contributed by atoms with Crippen LogP contribution in [0.1, 0.15) is 12.8 Å².